The fourth-order valence-corrected chi connectivity index (χ4v) is 3.73. The molecule has 0 aromatic carbocycles. The first-order chi connectivity index (χ1) is 8.40. The molecule has 0 bridgehead atoms. The first-order valence-electron chi connectivity index (χ1n) is 6.51. The van der Waals surface area contributed by atoms with E-state index in [0.717, 1.165) is 18.8 Å². The molecular formula is C13H23NO3S. The maximum atomic E-state index is 11.0. The van der Waals surface area contributed by atoms with Crippen molar-refractivity contribution < 1.29 is 14.7 Å². The molecule has 0 aliphatic heterocycles. The number of hydrogen-bond acceptors (Lipinski definition) is 3. The van der Waals surface area contributed by atoms with Gasteiger partial charge in [0, 0.05) is 17.9 Å². The molecule has 1 amide bonds. The number of carboxylic acid groups (broad SMARTS) is 1. The number of carbonyl (C=O) groups is 2. The van der Waals surface area contributed by atoms with Gasteiger partial charge < -0.3 is 10.4 Å². The van der Waals surface area contributed by atoms with Crippen LogP contribution in [0.1, 0.15) is 40.0 Å². The Hall–Kier alpha value is -0.710. The molecule has 1 aliphatic rings. The first kappa shape index (κ1) is 15.3. The summed E-state index contributed by atoms with van der Waals surface area (Å²) in [6.07, 6.45) is 3.53. The van der Waals surface area contributed by atoms with Crippen LogP contribution in [0.5, 0.6) is 0 Å². The predicted molar refractivity (Wildman–Crippen MR) is 73.7 cm³/mol. The summed E-state index contributed by atoms with van der Waals surface area (Å²) in [5, 5.41) is 12.0. The van der Waals surface area contributed by atoms with Gasteiger partial charge in [-0.25, -0.2) is 4.79 Å². The highest BCUT2D eigenvalue weighted by molar-refractivity contribution is 7.99. The molecule has 1 rings (SSSR count). The Bertz CT molecular complexity index is 309. The third-order valence-electron chi connectivity index (χ3n) is 3.72. The van der Waals surface area contributed by atoms with Gasteiger partial charge in [-0.05, 0) is 31.1 Å². The van der Waals surface area contributed by atoms with E-state index in [1.165, 1.54) is 13.3 Å². The first-order valence-corrected chi connectivity index (χ1v) is 7.56. The van der Waals surface area contributed by atoms with Crippen molar-refractivity contribution in [1.29, 1.82) is 0 Å². The molecule has 3 unspecified atom stereocenters. The van der Waals surface area contributed by atoms with Crippen molar-refractivity contribution in [2.75, 3.05) is 5.75 Å². The largest absolute Gasteiger partial charge is 0.480 e. The van der Waals surface area contributed by atoms with Crippen molar-refractivity contribution in [2.24, 2.45) is 11.8 Å². The summed E-state index contributed by atoms with van der Waals surface area (Å²) < 4.78 is 0. The zero-order valence-corrected chi connectivity index (χ0v) is 12.1. The third kappa shape index (κ3) is 4.88. The number of carbonyl (C=O) groups excluding carboxylic acids is 1. The minimum atomic E-state index is -0.949. The van der Waals surface area contributed by atoms with E-state index in [2.05, 4.69) is 19.2 Å². The normalized spacial score (nSPS) is 29.6. The summed E-state index contributed by atoms with van der Waals surface area (Å²) in [6.45, 7) is 5.90. The van der Waals surface area contributed by atoms with Gasteiger partial charge in [-0.1, -0.05) is 13.8 Å². The van der Waals surface area contributed by atoms with Gasteiger partial charge in [-0.15, -0.1) is 0 Å². The SMILES string of the molecule is CC(=O)N[C@@H](CSC1CCC(C)C(C)C1)C(=O)O. The van der Waals surface area contributed by atoms with Gasteiger partial charge in [0.05, 0.1) is 0 Å². The summed E-state index contributed by atoms with van der Waals surface area (Å²) in [5.74, 6) is 0.706. The van der Waals surface area contributed by atoms with Crippen LogP contribution < -0.4 is 5.32 Å². The number of carboxylic acids is 1. The smallest absolute Gasteiger partial charge is 0.327 e. The third-order valence-corrected chi connectivity index (χ3v) is 5.15. The van der Waals surface area contributed by atoms with Crippen molar-refractivity contribution in [3.05, 3.63) is 0 Å². The lowest BCUT2D eigenvalue weighted by molar-refractivity contribution is -0.140. The number of thioether (sulfide) groups is 1. The van der Waals surface area contributed by atoms with E-state index in [9.17, 15) is 9.59 Å². The molecule has 0 spiro atoms. The van der Waals surface area contributed by atoms with Crippen LogP contribution in [0.25, 0.3) is 0 Å². The molecule has 0 radical (unpaired) electrons. The van der Waals surface area contributed by atoms with Crippen LogP contribution in [-0.4, -0.2) is 34.0 Å². The molecule has 5 heteroatoms. The van der Waals surface area contributed by atoms with E-state index in [0.29, 0.717) is 16.9 Å². The average molecular weight is 273 g/mol. The van der Waals surface area contributed by atoms with Crippen molar-refractivity contribution in [3.8, 4) is 0 Å². The quantitative estimate of drug-likeness (QED) is 0.805. The van der Waals surface area contributed by atoms with Crippen LogP contribution in [-0.2, 0) is 9.59 Å². The molecule has 0 aromatic rings. The van der Waals surface area contributed by atoms with E-state index >= 15 is 0 Å². The molecule has 1 aliphatic carbocycles. The molecule has 0 aromatic heterocycles. The predicted octanol–water partition coefficient (Wildman–Crippen LogP) is 2.13. The Balaban J connectivity index is 2.38. The standard InChI is InChI=1S/C13H23NO3S/c1-8-4-5-11(6-9(8)2)18-7-12(13(16)17)14-10(3)15/h8-9,11-12H,4-7H2,1-3H3,(H,14,15)(H,16,17)/t8?,9?,11?,12-/m0/s1. The minimum Gasteiger partial charge on any atom is -0.480 e. The molecule has 2 N–H and O–H groups in total. The van der Waals surface area contributed by atoms with E-state index in [4.69, 9.17) is 5.11 Å². The van der Waals surface area contributed by atoms with Gasteiger partial charge in [-0.2, -0.15) is 11.8 Å². The molecule has 1 fully saturated rings. The van der Waals surface area contributed by atoms with Crippen LogP contribution in [0.15, 0.2) is 0 Å². The van der Waals surface area contributed by atoms with Crippen LogP contribution in [0, 0.1) is 11.8 Å². The van der Waals surface area contributed by atoms with Gasteiger partial charge in [0.2, 0.25) is 5.91 Å². The Morgan fingerprint density at radius 2 is 2.00 bits per heavy atom. The van der Waals surface area contributed by atoms with Crippen molar-refractivity contribution in [2.45, 2.75) is 51.3 Å². The van der Waals surface area contributed by atoms with E-state index in [1.807, 2.05) is 0 Å². The Kier molecular flexibility index (Phi) is 5.99. The van der Waals surface area contributed by atoms with Gasteiger partial charge >= 0.3 is 5.97 Å². The van der Waals surface area contributed by atoms with Crippen LogP contribution in [0.3, 0.4) is 0 Å². The van der Waals surface area contributed by atoms with Crippen molar-refractivity contribution in [1.82, 2.24) is 5.32 Å². The highest BCUT2D eigenvalue weighted by atomic mass is 32.2. The van der Waals surface area contributed by atoms with Gasteiger partial charge in [0.1, 0.15) is 6.04 Å². The van der Waals surface area contributed by atoms with E-state index in [-0.39, 0.29) is 5.91 Å². The van der Waals surface area contributed by atoms with Crippen LogP contribution >= 0.6 is 11.8 Å². The highest BCUT2D eigenvalue weighted by Gasteiger charge is 2.27. The summed E-state index contributed by atoms with van der Waals surface area (Å²) >= 11 is 1.69. The zero-order chi connectivity index (χ0) is 13.7. The number of rotatable bonds is 5. The molecule has 4 nitrogen and oxygen atoms in total. The topological polar surface area (TPSA) is 66.4 Å². The summed E-state index contributed by atoms with van der Waals surface area (Å²) in [4.78, 5) is 21.9. The molecule has 0 heterocycles. The summed E-state index contributed by atoms with van der Waals surface area (Å²) in [5.41, 5.74) is 0. The van der Waals surface area contributed by atoms with Gasteiger partial charge in [0.25, 0.3) is 0 Å². The number of aliphatic carboxylic acids is 1. The summed E-state index contributed by atoms with van der Waals surface area (Å²) in [7, 11) is 0. The fourth-order valence-electron chi connectivity index (χ4n) is 2.30. The van der Waals surface area contributed by atoms with E-state index < -0.39 is 12.0 Å². The summed E-state index contributed by atoms with van der Waals surface area (Å²) in [6, 6.07) is -0.762. The van der Waals surface area contributed by atoms with Crippen molar-refractivity contribution in [3.63, 3.8) is 0 Å². The minimum absolute atomic E-state index is 0.284. The fraction of sp³-hybridized carbons (Fsp3) is 0.846. The Morgan fingerprint density at radius 1 is 1.33 bits per heavy atom. The van der Waals surface area contributed by atoms with Gasteiger partial charge in [0.15, 0.2) is 0 Å². The molecule has 18 heavy (non-hydrogen) atoms. The molecule has 0 saturated heterocycles. The van der Waals surface area contributed by atoms with Crippen molar-refractivity contribution >= 4 is 23.6 Å². The lowest BCUT2D eigenvalue weighted by Gasteiger charge is -2.32. The lowest BCUT2D eigenvalue weighted by Crippen LogP contribution is -2.42. The van der Waals surface area contributed by atoms with Crippen LogP contribution in [0.4, 0.5) is 0 Å². The molecular weight excluding hydrogens is 250 g/mol. The van der Waals surface area contributed by atoms with Gasteiger partial charge in [-0.3, -0.25) is 4.79 Å². The molecule has 4 atom stereocenters. The number of nitrogens with one attached hydrogen (secondary N) is 1. The Morgan fingerprint density at radius 3 is 2.50 bits per heavy atom. The highest BCUT2D eigenvalue weighted by Crippen LogP contribution is 2.35. The Labute approximate surface area is 113 Å². The molecule has 104 valence electrons. The molecule has 1 saturated carbocycles. The maximum Gasteiger partial charge on any atom is 0.327 e. The second kappa shape index (κ2) is 7.02. The zero-order valence-electron chi connectivity index (χ0n) is 11.3. The van der Waals surface area contributed by atoms with Crippen LogP contribution in [0.2, 0.25) is 0 Å². The van der Waals surface area contributed by atoms with E-state index in [1.54, 1.807) is 11.8 Å². The lowest BCUT2D eigenvalue weighted by atomic mass is 9.81. The monoisotopic (exact) mass is 273 g/mol. The average Bonchev–Trinajstić information content (AvgIpc) is 2.28. The second-order valence-electron chi connectivity index (χ2n) is 5.31. The number of hydrogen-bond donors (Lipinski definition) is 2. The maximum absolute atomic E-state index is 11.0. The second-order valence-corrected chi connectivity index (χ2v) is 6.65. The number of amides is 1.